The quantitative estimate of drug-likeness (QED) is 0.789. The zero-order valence-electron chi connectivity index (χ0n) is 12.3. The van der Waals surface area contributed by atoms with Crippen molar-refractivity contribution in [2.45, 2.75) is 44.2 Å². The fraction of sp³-hybridized carbons (Fsp3) is 0.857. The number of nitrogens with one attached hydrogen (secondary N) is 1. The summed E-state index contributed by atoms with van der Waals surface area (Å²) in [6.45, 7) is 4.13. The van der Waals surface area contributed by atoms with Crippen LogP contribution in [0.5, 0.6) is 0 Å². The Bertz CT molecular complexity index is 366. The van der Waals surface area contributed by atoms with Crippen molar-refractivity contribution in [1.29, 1.82) is 0 Å². The first-order chi connectivity index (χ1) is 9.60. The minimum atomic E-state index is -0.417. The van der Waals surface area contributed by atoms with Crippen LogP contribution in [0.4, 0.5) is 0 Å². The van der Waals surface area contributed by atoms with E-state index in [2.05, 4.69) is 5.32 Å². The van der Waals surface area contributed by atoms with Gasteiger partial charge in [-0.15, -0.1) is 0 Å². The maximum atomic E-state index is 12.5. The second kappa shape index (κ2) is 6.54. The maximum absolute atomic E-state index is 12.5. The van der Waals surface area contributed by atoms with Crippen molar-refractivity contribution >= 4 is 11.8 Å². The SMILES string of the molecule is CCCC1NC(=O)CCN(CC2(OC)CCOC2)C1=O. The van der Waals surface area contributed by atoms with E-state index in [1.807, 2.05) is 6.92 Å². The molecule has 0 spiro atoms. The highest BCUT2D eigenvalue weighted by Gasteiger charge is 2.40. The smallest absolute Gasteiger partial charge is 0.245 e. The monoisotopic (exact) mass is 284 g/mol. The van der Waals surface area contributed by atoms with Crippen LogP contribution >= 0.6 is 0 Å². The number of carbonyl (C=O) groups is 2. The highest BCUT2D eigenvalue weighted by atomic mass is 16.5. The van der Waals surface area contributed by atoms with Gasteiger partial charge in [0.25, 0.3) is 0 Å². The molecule has 2 fully saturated rings. The molecule has 2 rings (SSSR count). The lowest BCUT2D eigenvalue weighted by molar-refractivity contribution is -0.138. The fourth-order valence-corrected chi connectivity index (χ4v) is 2.82. The van der Waals surface area contributed by atoms with Gasteiger partial charge in [-0.1, -0.05) is 13.3 Å². The molecule has 0 aromatic carbocycles. The third-order valence-electron chi connectivity index (χ3n) is 4.11. The number of rotatable bonds is 5. The van der Waals surface area contributed by atoms with Gasteiger partial charge in [-0.25, -0.2) is 0 Å². The summed E-state index contributed by atoms with van der Waals surface area (Å²) in [4.78, 5) is 26.0. The van der Waals surface area contributed by atoms with E-state index in [4.69, 9.17) is 9.47 Å². The molecule has 2 saturated heterocycles. The second-order valence-electron chi connectivity index (χ2n) is 5.61. The third kappa shape index (κ3) is 3.30. The summed E-state index contributed by atoms with van der Waals surface area (Å²) in [7, 11) is 1.66. The molecule has 0 aliphatic carbocycles. The summed E-state index contributed by atoms with van der Waals surface area (Å²) in [6.07, 6.45) is 2.68. The predicted octanol–water partition coefficient (Wildman–Crippen LogP) is 0.309. The van der Waals surface area contributed by atoms with Gasteiger partial charge in [0.2, 0.25) is 11.8 Å². The maximum Gasteiger partial charge on any atom is 0.245 e. The Morgan fingerprint density at radius 3 is 2.90 bits per heavy atom. The minimum Gasteiger partial charge on any atom is -0.378 e. The van der Waals surface area contributed by atoms with E-state index in [0.717, 1.165) is 12.8 Å². The summed E-state index contributed by atoms with van der Waals surface area (Å²) >= 11 is 0. The van der Waals surface area contributed by atoms with Crippen molar-refractivity contribution in [3.8, 4) is 0 Å². The second-order valence-corrected chi connectivity index (χ2v) is 5.61. The van der Waals surface area contributed by atoms with Gasteiger partial charge in [0.15, 0.2) is 0 Å². The van der Waals surface area contributed by atoms with E-state index in [1.54, 1.807) is 12.0 Å². The molecule has 0 aromatic heterocycles. The zero-order valence-corrected chi connectivity index (χ0v) is 12.3. The number of ether oxygens (including phenoxy) is 2. The molecule has 2 aliphatic rings. The fourth-order valence-electron chi connectivity index (χ4n) is 2.82. The standard InChI is InChI=1S/C14H24N2O4/c1-3-4-11-13(18)16(7-5-12(17)15-11)9-14(19-2)6-8-20-10-14/h11H,3-10H2,1-2H3,(H,15,17). The van der Waals surface area contributed by atoms with Crippen LogP contribution in [0.25, 0.3) is 0 Å². The predicted molar refractivity (Wildman–Crippen MR) is 73.2 cm³/mol. The van der Waals surface area contributed by atoms with Gasteiger partial charge in [0.05, 0.1) is 13.2 Å². The topological polar surface area (TPSA) is 67.9 Å². The lowest BCUT2D eigenvalue weighted by Gasteiger charge is -2.33. The summed E-state index contributed by atoms with van der Waals surface area (Å²) in [5, 5.41) is 2.81. The Morgan fingerprint density at radius 2 is 2.30 bits per heavy atom. The van der Waals surface area contributed by atoms with Gasteiger partial charge in [0, 0.05) is 33.1 Å². The highest BCUT2D eigenvalue weighted by molar-refractivity contribution is 5.89. The van der Waals surface area contributed by atoms with Crippen LogP contribution in [-0.4, -0.2) is 61.8 Å². The Kier molecular flexibility index (Phi) is 4.99. The first-order valence-corrected chi connectivity index (χ1v) is 7.31. The summed E-state index contributed by atoms with van der Waals surface area (Å²) in [5.74, 6) is -0.0468. The van der Waals surface area contributed by atoms with Crippen molar-refractivity contribution in [2.24, 2.45) is 0 Å². The molecule has 114 valence electrons. The molecule has 6 nitrogen and oxygen atoms in total. The van der Waals surface area contributed by atoms with Crippen LogP contribution in [-0.2, 0) is 19.1 Å². The van der Waals surface area contributed by atoms with E-state index in [0.29, 0.717) is 39.1 Å². The van der Waals surface area contributed by atoms with Gasteiger partial charge in [-0.05, 0) is 6.42 Å². The Morgan fingerprint density at radius 1 is 1.50 bits per heavy atom. The molecule has 0 aromatic rings. The lowest BCUT2D eigenvalue weighted by Crippen LogP contribution is -2.51. The number of hydrogen-bond acceptors (Lipinski definition) is 4. The van der Waals surface area contributed by atoms with E-state index in [-0.39, 0.29) is 11.8 Å². The highest BCUT2D eigenvalue weighted by Crippen LogP contribution is 2.25. The van der Waals surface area contributed by atoms with Crippen LogP contribution in [0.15, 0.2) is 0 Å². The third-order valence-corrected chi connectivity index (χ3v) is 4.11. The molecule has 0 saturated carbocycles. The molecule has 2 aliphatic heterocycles. The average molecular weight is 284 g/mol. The van der Waals surface area contributed by atoms with Crippen molar-refractivity contribution in [1.82, 2.24) is 10.2 Å². The molecule has 0 radical (unpaired) electrons. The van der Waals surface area contributed by atoms with Crippen molar-refractivity contribution in [2.75, 3.05) is 33.4 Å². The molecule has 0 bridgehead atoms. The molecular weight excluding hydrogens is 260 g/mol. The van der Waals surface area contributed by atoms with Gasteiger partial charge >= 0.3 is 0 Å². The number of carbonyl (C=O) groups excluding carboxylic acids is 2. The van der Waals surface area contributed by atoms with Crippen molar-refractivity contribution in [3.05, 3.63) is 0 Å². The molecule has 2 atom stereocenters. The molecule has 1 N–H and O–H groups in total. The Labute approximate surface area is 119 Å². The van der Waals surface area contributed by atoms with E-state index < -0.39 is 11.6 Å². The summed E-state index contributed by atoms with van der Waals surface area (Å²) in [5.41, 5.74) is -0.417. The summed E-state index contributed by atoms with van der Waals surface area (Å²) in [6, 6.07) is -0.397. The van der Waals surface area contributed by atoms with Crippen molar-refractivity contribution < 1.29 is 19.1 Å². The van der Waals surface area contributed by atoms with Gasteiger partial charge in [-0.3, -0.25) is 9.59 Å². The number of amides is 2. The van der Waals surface area contributed by atoms with Crippen LogP contribution < -0.4 is 5.32 Å². The van der Waals surface area contributed by atoms with Gasteiger partial charge in [-0.2, -0.15) is 0 Å². The molecule has 2 unspecified atom stereocenters. The molecule has 6 heteroatoms. The zero-order chi connectivity index (χ0) is 14.6. The number of hydrogen-bond donors (Lipinski definition) is 1. The van der Waals surface area contributed by atoms with E-state index >= 15 is 0 Å². The van der Waals surface area contributed by atoms with E-state index in [9.17, 15) is 9.59 Å². The van der Waals surface area contributed by atoms with Crippen LogP contribution in [0.1, 0.15) is 32.6 Å². The van der Waals surface area contributed by atoms with Crippen LogP contribution in [0.3, 0.4) is 0 Å². The molecular formula is C14H24N2O4. The average Bonchev–Trinajstić information content (AvgIpc) is 2.86. The minimum absolute atomic E-state index is 0.000949. The van der Waals surface area contributed by atoms with Gasteiger partial charge in [0.1, 0.15) is 11.6 Å². The van der Waals surface area contributed by atoms with Crippen LogP contribution in [0.2, 0.25) is 0 Å². The first kappa shape index (κ1) is 15.3. The number of methoxy groups -OCH3 is 1. The number of nitrogens with zero attached hydrogens (tertiary/aromatic N) is 1. The lowest BCUT2D eigenvalue weighted by atomic mass is 10.0. The molecule has 2 amide bonds. The van der Waals surface area contributed by atoms with E-state index in [1.165, 1.54) is 0 Å². The van der Waals surface area contributed by atoms with Crippen molar-refractivity contribution in [3.63, 3.8) is 0 Å². The largest absolute Gasteiger partial charge is 0.378 e. The Balaban J connectivity index is 2.08. The normalized spacial score (nSPS) is 31.3. The summed E-state index contributed by atoms with van der Waals surface area (Å²) < 4.78 is 11.0. The Hall–Kier alpha value is -1.14. The molecule has 20 heavy (non-hydrogen) atoms. The first-order valence-electron chi connectivity index (χ1n) is 7.31. The van der Waals surface area contributed by atoms with Crippen LogP contribution in [0, 0.1) is 0 Å². The molecule has 2 heterocycles. The van der Waals surface area contributed by atoms with Gasteiger partial charge < -0.3 is 19.7 Å².